The Balaban J connectivity index is 1.24. The SMILES string of the molecule is CC1CCC2=CC3=C(C=NC(c4ccccn4)CC3)CC2(C)CC(O)CC2(C)C1CCC2(O)C(=O)CSc1nncn1C. The number of carbonyl (C=O) groups excluding carboxylic acids is 1. The maximum absolute atomic E-state index is 13.8. The molecule has 0 spiro atoms. The lowest BCUT2D eigenvalue weighted by atomic mass is 9.59. The second kappa shape index (κ2) is 11.7. The van der Waals surface area contributed by atoms with Gasteiger partial charge >= 0.3 is 0 Å². The average Bonchev–Trinajstić information content (AvgIpc) is 3.42. The van der Waals surface area contributed by atoms with Gasteiger partial charge in [0.1, 0.15) is 11.9 Å². The zero-order chi connectivity index (χ0) is 30.4. The van der Waals surface area contributed by atoms with E-state index in [1.54, 1.807) is 10.9 Å². The number of aromatic nitrogens is 4. The highest BCUT2D eigenvalue weighted by Gasteiger charge is 2.61. The highest BCUT2D eigenvalue weighted by molar-refractivity contribution is 7.99. The summed E-state index contributed by atoms with van der Waals surface area (Å²) in [5.74, 6) is 0.436. The normalized spacial score (nSPS) is 36.3. The van der Waals surface area contributed by atoms with E-state index in [4.69, 9.17) is 4.99 Å². The van der Waals surface area contributed by atoms with Crippen molar-refractivity contribution in [3.63, 3.8) is 0 Å². The van der Waals surface area contributed by atoms with E-state index in [0.717, 1.165) is 44.2 Å². The summed E-state index contributed by atoms with van der Waals surface area (Å²) in [6, 6.07) is 6.08. The summed E-state index contributed by atoms with van der Waals surface area (Å²) in [7, 11) is 1.85. The topological polar surface area (TPSA) is 113 Å². The summed E-state index contributed by atoms with van der Waals surface area (Å²) in [5.41, 5.74) is 2.68. The Bertz CT molecular complexity index is 1450. The number of hydrogen-bond acceptors (Lipinski definition) is 8. The summed E-state index contributed by atoms with van der Waals surface area (Å²) in [4.78, 5) is 23.3. The largest absolute Gasteiger partial charge is 0.393 e. The van der Waals surface area contributed by atoms with Crippen LogP contribution in [0.15, 0.2) is 63.7 Å². The number of aryl methyl sites for hydroxylation is 1. The molecule has 3 heterocycles. The van der Waals surface area contributed by atoms with Crippen LogP contribution in [0.4, 0.5) is 0 Å². The highest BCUT2D eigenvalue weighted by atomic mass is 32.2. The molecule has 9 heteroatoms. The fourth-order valence-electron chi connectivity index (χ4n) is 8.69. The molecule has 7 atom stereocenters. The van der Waals surface area contributed by atoms with Crippen LogP contribution in [0.2, 0.25) is 0 Å². The van der Waals surface area contributed by atoms with E-state index < -0.39 is 17.1 Å². The van der Waals surface area contributed by atoms with Crippen molar-refractivity contribution in [1.29, 1.82) is 0 Å². The number of pyridine rings is 1. The van der Waals surface area contributed by atoms with E-state index in [1.807, 2.05) is 25.4 Å². The molecule has 2 aromatic rings. The lowest BCUT2D eigenvalue weighted by molar-refractivity contribution is -0.153. The van der Waals surface area contributed by atoms with E-state index in [-0.39, 0.29) is 28.9 Å². The Labute approximate surface area is 259 Å². The number of aliphatic hydroxyl groups excluding tert-OH is 1. The van der Waals surface area contributed by atoms with Crippen LogP contribution in [0.1, 0.15) is 90.3 Å². The van der Waals surface area contributed by atoms with Crippen molar-refractivity contribution in [2.24, 2.45) is 34.7 Å². The van der Waals surface area contributed by atoms with Crippen LogP contribution in [0.3, 0.4) is 0 Å². The smallest absolute Gasteiger partial charge is 0.191 e. The summed E-state index contributed by atoms with van der Waals surface area (Å²) in [5, 5.41) is 32.6. The van der Waals surface area contributed by atoms with E-state index in [0.29, 0.717) is 30.3 Å². The van der Waals surface area contributed by atoms with E-state index in [9.17, 15) is 15.0 Å². The Morgan fingerprint density at radius 1 is 1.14 bits per heavy atom. The fourth-order valence-corrected chi connectivity index (χ4v) is 9.55. The van der Waals surface area contributed by atoms with Crippen molar-refractivity contribution < 1.29 is 15.0 Å². The first kappa shape index (κ1) is 30.4. The summed E-state index contributed by atoms with van der Waals surface area (Å²) < 4.78 is 1.78. The summed E-state index contributed by atoms with van der Waals surface area (Å²) in [6.45, 7) is 6.63. The number of aliphatic imine (C=N–C) groups is 1. The van der Waals surface area contributed by atoms with Gasteiger partial charge in [-0.3, -0.25) is 14.8 Å². The first-order valence-corrected chi connectivity index (χ1v) is 16.8. The first-order chi connectivity index (χ1) is 20.5. The number of aliphatic hydroxyl groups is 2. The highest BCUT2D eigenvalue weighted by Crippen LogP contribution is 2.59. The number of hydrogen-bond donors (Lipinski definition) is 2. The molecule has 43 heavy (non-hydrogen) atoms. The second-order valence-electron chi connectivity index (χ2n) is 14.0. The quantitative estimate of drug-likeness (QED) is 0.414. The summed E-state index contributed by atoms with van der Waals surface area (Å²) >= 11 is 1.32. The minimum absolute atomic E-state index is 0.0592. The number of ketones is 1. The number of allylic oxidation sites excluding steroid dienone is 4. The van der Waals surface area contributed by atoms with Crippen LogP contribution in [0.5, 0.6) is 0 Å². The van der Waals surface area contributed by atoms with Gasteiger partial charge in [0.05, 0.1) is 23.6 Å². The monoisotopic (exact) mass is 603 g/mol. The number of Topliss-reactive ketones (excluding diaryl/α,β-unsaturated/α-hetero) is 1. The van der Waals surface area contributed by atoms with Crippen LogP contribution in [0.25, 0.3) is 0 Å². The molecule has 0 amide bonds. The zero-order valence-corrected chi connectivity index (χ0v) is 26.7. The van der Waals surface area contributed by atoms with Crippen molar-refractivity contribution in [1.82, 2.24) is 19.7 Å². The van der Waals surface area contributed by atoms with E-state index in [1.165, 1.54) is 28.5 Å². The van der Waals surface area contributed by atoms with Crippen molar-refractivity contribution in [2.45, 2.75) is 101 Å². The fraction of sp³-hybridized carbons (Fsp3) is 0.618. The maximum Gasteiger partial charge on any atom is 0.191 e. The van der Waals surface area contributed by atoms with Gasteiger partial charge in [-0.2, -0.15) is 0 Å². The van der Waals surface area contributed by atoms with Crippen molar-refractivity contribution in [3.05, 3.63) is 59.2 Å². The molecule has 4 aliphatic rings. The summed E-state index contributed by atoms with van der Waals surface area (Å²) in [6.07, 6.45) is 14.2. The predicted octanol–water partition coefficient (Wildman–Crippen LogP) is 5.83. The average molecular weight is 604 g/mol. The van der Waals surface area contributed by atoms with Gasteiger partial charge in [0.15, 0.2) is 10.9 Å². The molecule has 7 unspecified atom stereocenters. The molecule has 6 rings (SSSR count). The molecule has 0 saturated heterocycles. The van der Waals surface area contributed by atoms with Gasteiger partial charge in [-0.1, -0.05) is 50.2 Å². The Hall–Kier alpha value is -2.62. The molecule has 3 aliphatic carbocycles. The van der Waals surface area contributed by atoms with Crippen LogP contribution in [-0.2, 0) is 11.8 Å². The van der Waals surface area contributed by atoms with Gasteiger partial charge in [-0.05, 0) is 98.3 Å². The van der Waals surface area contributed by atoms with Gasteiger partial charge < -0.3 is 14.8 Å². The molecule has 8 nitrogen and oxygen atoms in total. The molecular weight excluding hydrogens is 558 g/mol. The third-order valence-corrected chi connectivity index (χ3v) is 12.2. The zero-order valence-electron chi connectivity index (χ0n) is 25.9. The van der Waals surface area contributed by atoms with Gasteiger partial charge in [0.25, 0.3) is 0 Å². The molecule has 2 N–H and O–H groups in total. The molecule has 0 bridgehead atoms. The van der Waals surface area contributed by atoms with Crippen molar-refractivity contribution in [2.75, 3.05) is 5.75 Å². The number of rotatable bonds is 5. The third kappa shape index (κ3) is 5.57. The number of nitrogens with zero attached hydrogens (tertiary/aromatic N) is 5. The maximum atomic E-state index is 13.8. The Morgan fingerprint density at radius 2 is 1.98 bits per heavy atom. The van der Waals surface area contributed by atoms with Gasteiger partial charge in [-0.25, -0.2) is 0 Å². The number of fused-ring (bicyclic) bond motifs is 2. The predicted molar refractivity (Wildman–Crippen MR) is 169 cm³/mol. The van der Waals surface area contributed by atoms with Gasteiger partial charge in [0, 0.05) is 24.9 Å². The molecule has 2 aromatic heterocycles. The molecule has 1 aliphatic heterocycles. The first-order valence-electron chi connectivity index (χ1n) is 15.8. The van der Waals surface area contributed by atoms with Crippen LogP contribution >= 0.6 is 11.8 Å². The molecule has 2 saturated carbocycles. The molecular formula is C34H45N5O3S. The van der Waals surface area contributed by atoms with Crippen LogP contribution < -0.4 is 0 Å². The molecule has 2 fully saturated rings. The molecule has 0 radical (unpaired) electrons. The molecule has 0 aromatic carbocycles. The number of carbonyl (C=O) groups is 1. The van der Waals surface area contributed by atoms with Crippen LogP contribution in [-0.4, -0.2) is 59.4 Å². The number of thioether (sulfide) groups is 1. The standard InChI is InChI=1S/C34H45N5O3S/c1-22-8-10-25-15-23-9-11-29(28-7-5-6-14-35-28)36-19-24(23)16-32(25,2)17-26(40)18-33(3)27(22)12-13-34(33,42)30(41)20-43-31-38-37-21-39(31)4/h5-7,14-15,19,21-22,26-27,29,40,42H,8-13,16-18,20H2,1-4H3. The van der Waals surface area contributed by atoms with E-state index in [2.05, 4.69) is 54.3 Å². The van der Waals surface area contributed by atoms with Gasteiger partial charge in [-0.15, -0.1) is 10.2 Å². The van der Waals surface area contributed by atoms with Crippen molar-refractivity contribution in [3.8, 4) is 0 Å². The Kier molecular flexibility index (Phi) is 8.28. The molecule has 230 valence electrons. The minimum atomic E-state index is -1.48. The second-order valence-corrected chi connectivity index (χ2v) is 14.9. The minimum Gasteiger partial charge on any atom is -0.393 e. The van der Waals surface area contributed by atoms with E-state index >= 15 is 0 Å². The third-order valence-electron chi connectivity index (χ3n) is 11.2. The lowest BCUT2D eigenvalue weighted by Crippen LogP contribution is -2.54. The van der Waals surface area contributed by atoms with Gasteiger partial charge in [0.2, 0.25) is 0 Å². The van der Waals surface area contributed by atoms with Crippen LogP contribution in [0, 0.1) is 22.7 Å². The Morgan fingerprint density at radius 3 is 2.72 bits per heavy atom. The lowest BCUT2D eigenvalue weighted by Gasteiger charge is -2.48. The van der Waals surface area contributed by atoms with Crippen molar-refractivity contribution >= 4 is 23.8 Å².